The molecule has 0 aliphatic heterocycles. The molecule has 2 N–H and O–H groups in total. The van der Waals surface area contributed by atoms with E-state index >= 15 is 0 Å². The van der Waals surface area contributed by atoms with Gasteiger partial charge in [-0.2, -0.15) is 0 Å². The van der Waals surface area contributed by atoms with E-state index in [1.54, 1.807) is 0 Å². The van der Waals surface area contributed by atoms with Gasteiger partial charge in [-0.1, -0.05) is 27.7 Å². The highest BCUT2D eigenvalue weighted by Gasteiger charge is 2.03. The number of hydrogen-bond donors (Lipinski definition) is 2. The molecule has 5 nitrogen and oxygen atoms in total. The van der Waals surface area contributed by atoms with Crippen molar-refractivity contribution in [2.24, 2.45) is 11.8 Å². The van der Waals surface area contributed by atoms with Crippen LogP contribution >= 0.6 is 0 Å². The highest BCUT2D eigenvalue weighted by molar-refractivity contribution is 4.61. The number of hydrogen-bond acceptors (Lipinski definition) is 4. The van der Waals surface area contributed by atoms with Crippen LogP contribution in [0, 0.1) is 11.8 Å². The van der Waals surface area contributed by atoms with Crippen LogP contribution in [-0.4, -0.2) is 64.7 Å². The molecule has 0 aromatic carbocycles. The summed E-state index contributed by atoms with van der Waals surface area (Å²) in [6.07, 6.45) is 4.46. The predicted molar refractivity (Wildman–Crippen MR) is 117 cm³/mol. The van der Waals surface area contributed by atoms with E-state index in [1.165, 1.54) is 0 Å². The third kappa shape index (κ3) is 22.0. The van der Waals surface area contributed by atoms with E-state index in [4.69, 9.17) is 9.47 Å². The highest BCUT2D eigenvalue weighted by Crippen LogP contribution is 1.96. The predicted octanol–water partition coefficient (Wildman–Crippen LogP) is 3.45. The molecule has 0 spiro atoms. The van der Waals surface area contributed by atoms with Gasteiger partial charge in [0.15, 0.2) is 0 Å². The van der Waals surface area contributed by atoms with Crippen molar-refractivity contribution >= 4 is 0 Å². The smallest absolute Gasteiger partial charge is 0.0616 e. The summed E-state index contributed by atoms with van der Waals surface area (Å²) in [7, 11) is 0. The lowest BCUT2D eigenvalue weighted by atomic mass is 10.2. The number of nitrogens with one attached hydrogen (secondary N) is 2. The molecule has 0 bridgehead atoms. The molecule has 0 saturated heterocycles. The Hall–Kier alpha value is -0.200. The van der Waals surface area contributed by atoms with Crippen LogP contribution < -0.4 is 16.0 Å². The van der Waals surface area contributed by atoms with Gasteiger partial charge in [0.1, 0.15) is 0 Å². The third-order valence-corrected chi connectivity index (χ3v) is 4.19. The minimum atomic E-state index is 0.438. The maximum absolute atomic E-state index is 5.72. The second-order valence-corrected chi connectivity index (χ2v) is 8.64. The summed E-state index contributed by atoms with van der Waals surface area (Å²) < 4.78 is 11.4. The summed E-state index contributed by atoms with van der Waals surface area (Å²) in [5.74, 6) is 1.38. The maximum atomic E-state index is 5.72. The van der Waals surface area contributed by atoms with Crippen LogP contribution in [0.25, 0.3) is 0 Å². The van der Waals surface area contributed by atoms with Crippen LogP contribution in [-0.2, 0) is 9.47 Å². The summed E-state index contributed by atoms with van der Waals surface area (Å²) in [5, 5.41) is 11.6. The Morgan fingerprint density at radius 2 is 1.04 bits per heavy atom. The fraction of sp³-hybridized carbons (Fsp3) is 1.00. The van der Waals surface area contributed by atoms with Crippen molar-refractivity contribution in [3.63, 3.8) is 0 Å². The second-order valence-electron chi connectivity index (χ2n) is 8.64. The van der Waals surface area contributed by atoms with E-state index in [1.807, 2.05) is 0 Å². The van der Waals surface area contributed by atoms with Gasteiger partial charge in [-0.05, 0) is 64.5 Å². The van der Waals surface area contributed by atoms with Gasteiger partial charge in [0.2, 0.25) is 0 Å². The molecule has 1 radical (unpaired) electrons. The standard InChI is InChI=1S/C22H48N3O2/c1-19(2)15-24-21(5)17-26-13-9-7-11-23-12-8-10-14-27-18-22(6)25-16-20(3)4/h19-22,24-25H,7-18H2,1-6H3. The first-order chi connectivity index (χ1) is 12.9. The Bertz CT molecular complexity index is 273. The van der Waals surface area contributed by atoms with Crippen LogP contribution in [0.4, 0.5) is 0 Å². The highest BCUT2D eigenvalue weighted by atomic mass is 16.5. The zero-order chi connectivity index (χ0) is 20.3. The van der Waals surface area contributed by atoms with Crippen molar-refractivity contribution in [2.45, 2.75) is 79.3 Å². The molecular formula is C22H48N3O2. The van der Waals surface area contributed by atoms with Gasteiger partial charge in [-0.3, -0.25) is 0 Å². The Balaban J connectivity index is 3.19. The van der Waals surface area contributed by atoms with Crippen LogP contribution in [0.2, 0.25) is 0 Å². The maximum Gasteiger partial charge on any atom is 0.0616 e. The molecule has 0 aliphatic carbocycles. The van der Waals surface area contributed by atoms with E-state index in [9.17, 15) is 0 Å². The van der Waals surface area contributed by atoms with Gasteiger partial charge in [-0.15, -0.1) is 0 Å². The number of unbranched alkanes of at least 4 members (excludes halogenated alkanes) is 2. The van der Waals surface area contributed by atoms with Gasteiger partial charge >= 0.3 is 0 Å². The van der Waals surface area contributed by atoms with Gasteiger partial charge in [0.05, 0.1) is 13.2 Å². The van der Waals surface area contributed by atoms with Gasteiger partial charge in [-0.25, -0.2) is 5.32 Å². The Labute approximate surface area is 169 Å². The molecule has 0 fully saturated rings. The molecule has 2 unspecified atom stereocenters. The average Bonchev–Trinajstić information content (AvgIpc) is 2.62. The van der Waals surface area contributed by atoms with Crippen molar-refractivity contribution in [2.75, 3.05) is 52.6 Å². The minimum absolute atomic E-state index is 0.438. The normalized spacial score (nSPS) is 14.2. The van der Waals surface area contributed by atoms with E-state index in [-0.39, 0.29) is 0 Å². The van der Waals surface area contributed by atoms with Crippen molar-refractivity contribution in [1.82, 2.24) is 16.0 Å². The number of rotatable bonds is 20. The molecule has 2 atom stereocenters. The van der Waals surface area contributed by atoms with Crippen molar-refractivity contribution in [3.8, 4) is 0 Å². The molecule has 163 valence electrons. The summed E-state index contributed by atoms with van der Waals surface area (Å²) in [4.78, 5) is 0. The second kappa shape index (κ2) is 19.1. The molecule has 0 saturated carbocycles. The minimum Gasteiger partial charge on any atom is -0.380 e. The van der Waals surface area contributed by atoms with Gasteiger partial charge in [0.25, 0.3) is 0 Å². The van der Waals surface area contributed by atoms with Crippen LogP contribution in [0.15, 0.2) is 0 Å². The van der Waals surface area contributed by atoms with Crippen LogP contribution in [0.3, 0.4) is 0 Å². The Morgan fingerprint density at radius 3 is 1.41 bits per heavy atom. The summed E-state index contributed by atoms with van der Waals surface area (Å²) in [6.45, 7) is 20.6. The van der Waals surface area contributed by atoms with E-state index in [0.717, 1.165) is 78.3 Å². The van der Waals surface area contributed by atoms with E-state index < -0.39 is 0 Å². The molecule has 0 aromatic rings. The van der Waals surface area contributed by atoms with Crippen molar-refractivity contribution < 1.29 is 9.47 Å². The average molecular weight is 387 g/mol. The van der Waals surface area contributed by atoms with E-state index in [0.29, 0.717) is 23.9 Å². The van der Waals surface area contributed by atoms with Gasteiger partial charge in [0, 0.05) is 38.4 Å². The fourth-order valence-electron chi connectivity index (χ4n) is 2.48. The largest absolute Gasteiger partial charge is 0.380 e. The molecule has 5 heteroatoms. The lowest BCUT2D eigenvalue weighted by Crippen LogP contribution is -2.33. The first kappa shape index (κ1) is 26.8. The molecular weight excluding hydrogens is 338 g/mol. The Kier molecular flexibility index (Phi) is 19.0. The Morgan fingerprint density at radius 1 is 0.630 bits per heavy atom. The third-order valence-electron chi connectivity index (χ3n) is 4.19. The number of ether oxygens (including phenoxy) is 2. The summed E-state index contributed by atoms with van der Waals surface area (Å²) in [6, 6.07) is 0.876. The van der Waals surface area contributed by atoms with Crippen molar-refractivity contribution in [3.05, 3.63) is 0 Å². The molecule has 0 heterocycles. The quantitative estimate of drug-likeness (QED) is 0.315. The van der Waals surface area contributed by atoms with Gasteiger partial charge < -0.3 is 20.1 Å². The molecule has 0 rings (SSSR count). The SMILES string of the molecule is CC(C)CNC(C)COCCCC[N]CCCCOCC(C)NCC(C)C. The fourth-order valence-corrected chi connectivity index (χ4v) is 2.48. The van der Waals surface area contributed by atoms with Crippen molar-refractivity contribution in [1.29, 1.82) is 0 Å². The molecule has 27 heavy (non-hydrogen) atoms. The lowest BCUT2D eigenvalue weighted by molar-refractivity contribution is 0.110. The lowest BCUT2D eigenvalue weighted by Gasteiger charge is -2.15. The molecule has 0 aromatic heterocycles. The monoisotopic (exact) mass is 386 g/mol. The zero-order valence-corrected chi connectivity index (χ0v) is 19.1. The summed E-state index contributed by atoms with van der Waals surface area (Å²) in [5.41, 5.74) is 0. The van der Waals surface area contributed by atoms with E-state index in [2.05, 4.69) is 57.5 Å². The summed E-state index contributed by atoms with van der Waals surface area (Å²) >= 11 is 0. The zero-order valence-electron chi connectivity index (χ0n) is 19.1. The first-order valence-corrected chi connectivity index (χ1v) is 11.2. The topological polar surface area (TPSA) is 56.6 Å². The van der Waals surface area contributed by atoms with Crippen LogP contribution in [0.1, 0.15) is 67.2 Å². The molecule has 0 aliphatic rings. The first-order valence-electron chi connectivity index (χ1n) is 11.2. The number of nitrogens with zero attached hydrogens (tertiary/aromatic N) is 1. The molecule has 0 amide bonds. The van der Waals surface area contributed by atoms with Crippen LogP contribution in [0.5, 0.6) is 0 Å².